The standard InChI is InChI=1S/C16H19N3O5S/c1-12-6-7-15(23-2)14(9-12)19(25(3,21)22)11-16(20)18-17-10-13-5-4-8-24-13/h4-10H,11H2,1-3H3,(H,18,20)/b17-10-. The summed E-state index contributed by atoms with van der Waals surface area (Å²) in [5.41, 5.74) is 3.39. The number of nitrogens with one attached hydrogen (secondary N) is 1. The fraction of sp³-hybridized carbons (Fsp3) is 0.250. The molecule has 25 heavy (non-hydrogen) atoms. The molecule has 0 unspecified atom stereocenters. The second-order valence-corrected chi connectivity index (χ2v) is 7.16. The summed E-state index contributed by atoms with van der Waals surface area (Å²) in [6.07, 6.45) is 3.81. The molecule has 134 valence electrons. The van der Waals surface area contributed by atoms with Crippen molar-refractivity contribution in [1.82, 2.24) is 5.43 Å². The molecule has 2 rings (SSSR count). The molecule has 0 saturated carbocycles. The van der Waals surface area contributed by atoms with E-state index in [-0.39, 0.29) is 5.69 Å². The van der Waals surface area contributed by atoms with E-state index in [1.807, 2.05) is 6.92 Å². The quantitative estimate of drug-likeness (QED) is 0.592. The van der Waals surface area contributed by atoms with E-state index in [2.05, 4.69) is 10.5 Å². The van der Waals surface area contributed by atoms with Gasteiger partial charge in [-0.3, -0.25) is 9.10 Å². The van der Waals surface area contributed by atoms with Gasteiger partial charge in [-0.15, -0.1) is 0 Å². The summed E-state index contributed by atoms with van der Waals surface area (Å²) in [4.78, 5) is 12.1. The maximum Gasteiger partial charge on any atom is 0.260 e. The second-order valence-electron chi connectivity index (χ2n) is 5.25. The van der Waals surface area contributed by atoms with Crippen molar-refractivity contribution >= 4 is 27.8 Å². The monoisotopic (exact) mass is 365 g/mol. The smallest absolute Gasteiger partial charge is 0.260 e. The Morgan fingerprint density at radius 3 is 2.76 bits per heavy atom. The molecule has 0 saturated heterocycles. The van der Waals surface area contributed by atoms with Crippen LogP contribution in [-0.4, -0.2) is 40.4 Å². The van der Waals surface area contributed by atoms with Gasteiger partial charge in [-0.2, -0.15) is 5.10 Å². The number of methoxy groups -OCH3 is 1. The van der Waals surface area contributed by atoms with Crippen molar-refractivity contribution < 1.29 is 22.4 Å². The number of hydrogen-bond donors (Lipinski definition) is 1. The summed E-state index contributed by atoms with van der Waals surface area (Å²) >= 11 is 0. The molecule has 0 bridgehead atoms. The molecule has 0 fully saturated rings. The van der Waals surface area contributed by atoms with Gasteiger partial charge in [-0.1, -0.05) is 6.07 Å². The first-order chi connectivity index (χ1) is 11.8. The minimum absolute atomic E-state index is 0.287. The molecule has 1 heterocycles. The molecular formula is C16H19N3O5S. The molecule has 0 aliphatic heterocycles. The van der Waals surface area contributed by atoms with E-state index in [0.717, 1.165) is 16.1 Å². The lowest BCUT2D eigenvalue weighted by Gasteiger charge is -2.23. The summed E-state index contributed by atoms with van der Waals surface area (Å²) in [5, 5.41) is 3.73. The van der Waals surface area contributed by atoms with Gasteiger partial charge in [0, 0.05) is 0 Å². The van der Waals surface area contributed by atoms with Gasteiger partial charge >= 0.3 is 0 Å². The molecule has 1 N–H and O–H groups in total. The van der Waals surface area contributed by atoms with Gasteiger partial charge < -0.3 is 9.15 Å². The first kappa shape index (κ1) is 18.5. The number of amides is 1. The summed E-state index contributed by atoms with van der Waals surface area (Å²) in [5.74, 6) is 0.209. The third-order valence-electron chi connectivity index (χ3n) is 3.21. The normalized spacial score (nSPS) is 11.5. The zero-order valence-electron chi connectivity index (χ0n) is 14.1. The Hall–Kier alpha value is -2.81. The van der Waals surface area contributed by atoms with Crippen molar-refractivity contribution in [3.8, 4) is 5.75 Å². The van der Waals surface area contributed by atoms with E-state index in [9.17, 15) is 13.2 Å². The number of rotatable bonds is 7. The lowest BCUT2D eigenvalue weighted by atomic mass is 10.2. The molecule has 0 spiro atoms. The lowest BCUT2D eigenvalue weighted by molar-refractivity contribution is -0.119. The summed E-state index contributed by atoms with van der Waals surface area (Å²) in [7, 11) is -2.28. The number of ether oxygens (including phenoxy) is 1. The number of nitrogens with zero attached hydrogens (tertiary/aromatic N) is 2. The number of carbonyl (C=O) groups excluding carboxylic acids is 1. The van der Waals surface area contributed by atoms with Crippen molar-refractivity contribution in [2.24, 2.45) is 5.10 Å². The predicted molar refractivity (Wildman–Crippen MR) is 94.4 cm³/mol. The van der Waals surface area contributed by atoms with Crippen LogP contribution in [-0.2, 0) is 14.8 Å². The van der Waals surface area contributed by atoms with Crippen LogP contribution < -0.4 is 14.5 Å². The van der Waals surface area contributed by atoms with E-state index < -0.39 is 22.5 Å². The predicted octanol–water partition coefficient (Wildman–Crippen LogP) is 1.51. The number of anilines is 1. The van der Waals surface area contributed by atoms with Gasteiger partial charge in [-0.25, -0.2) is 13.8 Å². The van der Waals surface area contributed by atoms with Gasteiger partial charge in [0.05, 0.1) is 31.5 Å². The Labute approximate surface area is 146 Å². The molecule has 1 aromatic heterocycles. The highest BCUT2D eigenvalue weighted by Crippen LogP contribution is 2.30. The third kappa shape index (κ3) is 5.08. The SMILES string of the molecule is COc1ccc(C)cc1N(CC(=O)N/N=C\c1ccco1)S(C)(=O)=O. The molecule has 1 amide bonds. The number of furan rings is 1. The Bertz CT molecular complexity index is 860. The van der Waals surface area contributed by atoms with Crippen LogP contribution in [0.2, 0.25) is 0 Å². The number of benzene rings is 1. The van der Waals surface area contributed by atoms with E-state index in [0.29, 0.717) is 11.5 Å². The fourth-order valence-electron chi connectivity index (χ4n) is 2.07. The van der Waals surface area contributed by atoms with E-state index >= 15 is 0 Å². The van der Waals surface area contributed by atoms with Gasteiger partial charge in [-0.05, 0) is 36.8 Å². The largest absolute Gasteiger partial charge is 0.495 e. The maximum absolute atomic E-state index is 12.1. The molecule has 2 aromatic rings. The van der Waals surface area contributed by atoms with Crippen LogP contribution in [0.15, 0.2) is 46.1 Å². The van der Waals surface area contributed by atoms with Gasteiger partial charge in [0.2, 0.25) is 10.0 Å². The number of aryl methyl sites for hydroxylation is 1. The van der Waals surface area contributed by atoms with Crippen LogP contribution in [0.3, 0.4) is 0 Å². The zero-order chi connectivity index (χ0) is 18.4. The third-order valence-corrected chi connectivity index (χ3v) is 4.34. The molecule has 0 aliphatic rings. The highest BCUT2D eigenvalue weighted by Gasteiger charge is 2.24. The molecule has 9 heteroatoms. The van der Waals surface area contributed by atoms with E-state index in [1.165, 1.54) is 19.6 Å². The lowest BCUT2D eigenvalue weighted by Crippen LogP contribution is -2.39. The van der Waals surface area contributed by atoms with Gasteiger partial charge in [0.15, 0.2) is 0 Å². The Kier molecular flexibility index (Phi) is 5.81. The van der Waals surface area contributed by atoms with Crippen molar-refractivity contribution in [2.45, 2.75) is 6.92 Å². The van der Waals surface area contributed by atoms with Crippen LogP contribution in [0.25, 0.3) is 0 Å². The van der Waals surface area contributed by atoms with Crippen LogP contribution in [0, 0.1) is 6.92 Å². The molecular weight excluding hydrogens is 346 g/mol. The minimum Gasteiger partial charge on any atom is -0.495 e. The van der Waals surface area contributed by atoms with Crippen molar-refractivity contribution in [3.05, 3.63) is 47.9 Å². The minimum atomic E-state index is -3.71. The van der Waals surface area contributed by atoms with Crippen molar-refractivity contribution in [1.29, 1.82) is 0 Å². The summed E-state index contributed by atoms with van der Waals surface area (Å²) < 4.78 is 35.5. The Morgan fingerprint density at radius 2 is 2.16 bits per heavy atom. The van der Waals surface area contributed by atoms with Crippen molar-refractivity contribution in [2.75, 3.05) is 24.2 Å². The second kappa shape index (κ2) is 7.84. The van der Waals surface area contributed by atoms with E-state index in [4.69, 9.17) is 9.15 Å². The average molecular weight is 365 g/mol. The van der Waals surface area contributed by atoms with Crippen molar-refractivity contribution in [3.63, 3.8) is 0 Å². The molecule has 0 radical (unpaired) electrons. The first-order valence-electron chi connectivity index (χ1n) is 7.29. The number of carbonyl (C=O) groups is 1. The number of sulfonamides is 1. The van der Waals surface area contributed by atoms with Crippen LogP contribution in [0.1, 0.15) is 11.3 Å². The average Bonchev–Trinajstić information content (AvgIpc) is 3.05. The summed E-state index contributed by atoms with van der Waals surface area (Å²) in [6, 6.07) is 8.42. The Morgan fingerprint density at radius 1 is 1.40 bits per heavy atom. The van der Waals surface area contributed by atoms with Gasteiger partial charge in [0.1, 0.15) is 18.1 Å². The van der Waals surface area contributed by atoms with Crippen LogP contribution in [0.4, 0.5) is 5.69 Å². The van der Waals surface area contributed by atoms with Gasteiger partial charge in [0.25, 0.3) is 5.91 Å². The molecule has 1 aromatic carbocycles. The molecule has 0 aliphatic carbocycles. The molecule has 0 atom stereocenters. The topological polar surface area (TPSA) is 101 Å². The number of hydrogen-bond acceptors (Lipinski definition) is 6. The van der Waals surface area contributed by atoms with Crippen LogP contribution >= 0.6 is 0 Å². The summed E-state index contributed by atoms with van der Waals surface area (Å²) in [6.45, 7) is 1.38. The van der Waals surface area contributed by atoms with E-state index in [1.54, 1.807) is 30.3 Å². The highest BCUT2D eigenvalue weighted by atomic mass is 32.2. The molecule has 8 nitrogen and oxygen atoms in total. The zero-order valence-corrected chi connectivity index (χ0v) is 14.9. The highest BCUT2D eigenvalue weighted by molar-refractivity contribution is 7.92. The Balaban J connectivity index is 2.19. The maximum atomic E-state index is 12.1. The number of hydrazone groups is 1. The van der Waals surface area contributed by atoms with Crippen LogP contribution in [0.5, 0.6) is 5.75 Å². The fourth-order valence-corrected chi connectivity index (χ4v) is 2.93. The first-order valence-corrected chi connectivity index (χ1v) is 9.14.